The van der Waals surface area contributed by atoms with Crippen molar-refractivity contribution < 1.29 is 28.2 Å². The topological polar surface area (TPSA) is 77.4 Å². The Kier molecular flexibility index (Phi) is 6.60. The van der Waals surface area contributed by atoms with Gasteiger partial charge >= 0.3 is 6.09 Å². The lowest BCUT2D eigenvalue weighted by molar-refractivity contribution is -0.164. The van der Waals surface area contributed by atoms with E-state index in [9.17, 15) is 9.59 Å². The van der Waals surface area contributed by atoms with Crippen LogP contribution in [0, 0.1) is 0 Å². The van der Waals surface area contributed by atoms with Gasteiger partial charge in [0.15, 0.2) is 17.6 Å². The van der Waals surface area contributed by atoms with Gasteiger partial charge in [-0.3, -0.25) is 9.89 Å². The molecule has 0 N–H and O–H groups in total. The molecule has 0 unspecified atom stereocenters. The molecule has 0 aromatic heterocycles. The van der Waals surface area contributed by atoms with Crippen LogP contribution < -0.4 is 0 Å². The molecule has 1 amide bonds. The van der Waals surface area contributed by atoms with E-state index < -0.39 is 41.6 Å². The molecule has 0 aliphatic carbocycles. The highest BCUT2D eigenvalue weighted by molar-refractivity contribution is 8.14. The first-order chi connectivity index (χ1) is 13.7. The molecule has 5 atom stereocenters. The molecule has 0 saturated carbocycles. The predicted octanol–water partition coefficient (Wildman–Crippen LogP) is 3.17. The number of amidine groups is 1. The van der Waals surface area contributed by atoms with Crippen molar-refractivity contribution in [1.82, 2.24) is 4.90 Å². The number of carbonyl (C=O) groups is 2. The number of hydrogen-bond donors (Lipinski definition) is 0. The van der Waals surface area contributed by atoms with Crippen LogP contribution in [0.3, 0.4) is 0 Å². The number of thioether (sulfide) groups is 1. The number of ether oxygens (including phenoxy) is 3. The van der Waals surface area contributed by atoms with Crippen LogP contribution in [0.5, 0.6) is 0 Å². The molecule has 0 bridgehead atoms. The standard InChI is InChI=1S/C20H25FN2O5S/c1-20(2,3)28-19(25)23(4)18-22-15-14(21)16(13(10-24)27-17(15)29-18)26-11-12-8-6-5-7-9-12/h5-10,13-17H,11H2,1-4H3/t13-,14-,15-,16-,17-/m1/s1. The molecule has 158 valence electrons. The van der Waals surface area contributed by atoms with Crippen molar-refractivity contribution in [2.75, 3.05) is 7.05 Å². The summed E-state index contributed by atoms with van der Waals surface area (Å²) in [4.78, 5) is 29.3. The van der Waals surface area contributed by atoms with E-state index in [1.807, 2.05) is 30.3 Å². The van der Waals surface area contributed by atoms with E-state index in [2.05, 4.69) is 4.99 Å². The fraction of sp³-hybridized carbons (Fsp3) is 0.550. The second kappa shape index (κ2) is 8.81. The zero-order valence-corrected chi connectivity index (χ0v) is 17.6. The number of aliphatic imine (C=N–C) groups is 1. The average molecular weight is 424 g/mol. The molecule has 9 heteroatoms. The molecule has 1 saturated heterocycles. The highest BCUT2D eigenvalue weighted by atomic mass is 32.2. The summed E-state index contributed by atoms with van der Waals surface area (Å²) >= 11 is 1.09. The second-order valence-electron chi connectivity index (χ2n) is 7.87. The van der Waals surface area contributed by atoms with Crippen LogP contribution in [0.4, 0.5) is 9.18 Å². The number of benzene rings is 1. The highest BCUT2D eigenvalue weighted by Crippen LogP contribution is 2.39. The number of fused-ring (bicyclic) bond motifs is 1. The molecule has 2 aliphatic heterocycles. The molecule has 3 rings (SSSR count). The molecule has 29 heavy (non-hydrogen) atoms. The number of aldehydes is 1. The smallest absolute Gasteiger partial charge is 0.416 e. The molecule has 2 heterocycles. The largest absolute Gasteiger partial charge is 0.443 e. The van der Waals surface area contributed by atoms with Crippen molar-refractivity contribution in [2.45, 2.75) is 62.8 Å². The Morgan fingerprint density at radius 2 is 2.03 bits per heavy atom. The van der Waals surface area contributed by atoms with Gasteiger partial charge < -0.3 is 19.0 Å². The first-order valence-electron chi connectivity index (χ1n) is 9.31. The lowest BCUT2D eigenvalue weighted by Gasteiger charge is -2.37. The number of rotatable bonds is 4. The molecule has 1 fully saturated rings. The molecular weight excluding hydrogens is 399 g/mol. The Bertz CT molecular complexity index is 770. The Labute approximate surface area is 173 Å². The van der Waals surface area contributed by atoms with Gasteiger partial charge in [0.2, 0.25) is 0 Å². The van der Waals surface area contributed by atoms with Crippen molar-refractivity contribution in [2.24, 2.45) is 4.99 Å². The van der Waals surface area contributed by atoms with Gasteiger partial charge in [0.1, 0.15) is 29.3 Å². The van der Waals surface area contributed by atoms with E-state index in [0.717, 1.165) is 17.3 Å². The van der Waals surface area contributed by atoms with Gasteiger partial charge in [-0.25, -0.2) is 9.18 Å². The summed E-state index contributed by atoms with van der Waals surface area (Å²) in [6.07, 6.45) is -3.73. The SMILES string of the molecule is CN(C(=O)OC(C)(C)C)C1=N[C@@H]2[C@@H](F)[C@H](OCc3ccccc3)[C@@H](C=O)O[C@@H]2S1. The van der Waals surface area contributed by atoms with Gasteiger partial charge in [-0.05, 0) is 26.3 Å². The maximum Gasteiger partial charge on any atom is 0.416 e. The van der Waals surface area contributed by atoms with Gasteiger partial charge in [0.05, 0.1) is 6.61 Å². The normalized spacial score (nSPS) is 29.0. The maximum atomic E-state index is 15.2. The number of nitrogens with zero attached hydrogens (tertiary/aromatic N) is 2. The number of amides is 1. The Morgan fingerprint density at radius 1 is 1.34 bits per heavy atom. The minimum atomic E-state index is -1.55. The third kappa shape index (κ3) is 5.15. The molecule has 7 nitrogen and oxygen atoms in total. The van der Waals surface area contributed by atoms with Crippen LogP contribution in [0.25, 0.3) is 0 Å². The first kappa shape index (κ1) is 21.7. The zero-order valence-electron chi connectivity index (χ0n) is 16.8. The van der Waals surface area contributed by atoms with E-state index in [-0.39, 0.29) is 11.8 Å². The predicted molar refractivity (Wildman–Crippen MR) is 107 cm³/mol. The Morgan fingerprint density at radius 3 is 2.66 bits per heavy atom. The fourth-order valence-electron chi connectivity index (χ4n) is 2.97. The van der Waals surface area contributed by atoms with Gasteiger partial charge in [0, 0.05) is 7.05 Å². The maximum absolute atomic E-state index is 15.2. The van der Waals surface area contributed by atoms with E-state index in [0.29, 0.717) is 6.29 Å². The van der Waals surface area contributed by atoms with Gasteiger partial charge in [-0.15, -0.1) is 0 Å². The van der Waals surface area contributed by atoms with E-state index in [1.165, 1.54) is 11.9 Å². The van der Waals surface area contributed by atoms with E-state index >= 15 is 4.39 Å². The molecule has 0 spiro atoms. The molecule has 1 aromatic carbocycles. The average Bonchev–Trinajstić information content (AvgIpc) is 3.10. The summed E-state index contributed by atoms with van der Waals surface area (Å²) in [5.41, 5.74) is -0.516. The summed E-state index contributed by atoms with van der Waals surface area (Å²) < 4.78 is 32.0. The number of alkyl halides is 1. The van der Waals surface area contributed by atoms with Crippen LogP contribution in [0.2, 0.25) is 0 Å². The van der Waals surface area contributed by atoms with Gasteiger partial charge in [-0.1, -0.05) is 42.1 Å². The third-order valence-electron chi connectivity index (χ3n) is 4.39. The fourth-order valence-corrected chi connectivity index (χ4v) is 4.12. The quantitative estimate of drug-likeness (QED) is 0.691. The summed E-state index contributed by atoms with van der Waals surface area (Å²) in [7, 11) is 1.51. The van der Waals surface area contributed by atoms with Crippen molar-refractivity contribution in [3.8, 4) is 0 Å². The number of halogens is 1. The Hall–Kier alpha value is -1.97. The molecule has 1 aromatic rings. The summed E-state index contributed by atoms with van der Waals surface area (Å²) in [6.45, 7) is 5.42. The van der Waals surface area contributed by atoms with Gasteiger partial charge in [-0.2, -0.15) is 0 Å². The molecule has 2 aliphatic rings. The lowest BCUT2D eigenvalue weighted by Crippen LogP contribution is -2.54. The monoisotopic (exact) mass is 424 g/mol. The molecule has 0 radical (unpaired) electrons. The summed E-state index contributed by atoms with van der Waals surface area (Å²) in [6, 6.07) is 8.41. The second-order valence-corrected chi connectivity index (χ2v) is 8.94. The van der Waals surface area contributed by atoms with Gasteiger partial charge in [0.25, 0.3) is 0 Å². The molecular formula is C20H25FN2O5S. The zero-order chi connectivity index (χ0) is 21.2. The van der Waals surface area contributed by atoms with Crippen LogP contribution in [0.15, 0.2) is 35.3 Å². The minimum Gasteiger partial charge on any atom is -0.443 e. The van der Waals surface area contributed by atoms with Crippen LogP contribution in [-0.4, -0.2) is 65.0 Å². The van der Waals surface area contributed by atoms with Crippen molar-refractivity contribution in [1.29, 1.82) is 0 Å². The number of hydrogen-bond acceptors (Lipinski definition) is 7. The lowest BCUT2D eigenvalue weighted by atomic mass is 10.00. The minimum absolute atomic E-state index is 0.151. The van der Waals surface area contributed by atoms with Crippen molar-refractivity contribution in [3.05, 3.63) is 35.9 Å². The first-order valence-corrected chi connectivity index (χ1v) is 10.2. The van der Waals surface area contributed by atoms with E-state index in [1.54, 1.807) is 20.8 Å². The van der Waals surface area contributed by atoms with E-state index in [4.69, 9.17) is 14.2 Å². The van der Waals surface area contributed by atoms with Crippen LogP contribution in [-0.2, 0) is 25.6 Å². The highest BCUT2D eigenvalue weighted by Gasteiger charge is 2.51. The number of carbonyl (C=O) groups excluding carboxylic acids is 2. The van der Waals surface area contributed by atoms with Crippen molar-refractivity contribution >= 4 is 29.3 Å². The van der Waals surface area contributed by atoms with Crippen LogP contribution >= 0.6 is 11.8 Å². The van der Waals surface area contributed by atoms with Crippen LogP contribution in [0.1, 0.15) is 26.3 Å². The Balaban J connectivity index is 1.70. The summed E-state index contributed by atoms with van der Waals surface area (Å²) in [5, 5.41) is 0.283. The summed E-state index contributed by atoms with van der Waals surface area (Å²) in [5.74, 6) is 0. The third-order valence-corrected chi connectivity index (χ3v) is 5.60. The van der Waals surface area contributed by atoms with Crippen molar-refractivity contribution in [3.63, 3.8) is 0 Å².